The number of nitrogens with one attached hydrogen (secondary N) is 1. The lowest BCUT2D eigenvalue weighted by Crippen LogP contribution is -2.23. The fraction of sp³-hybridized carbons (Fsp3) is 0.0714. The van der Waals surface area contributed by atoms with Gasteiger partial charge in [0.25, 0.3) is 5.91 Å². The molecule has 0 saturated carbocycles. The zero-order valence-corrected chi connectivity index (χ0v) is 10.2. The molecular weight excluding hydrogens is 245 g/mol. The maximum Gasteiger partial charge on any atom is 0.251 e. The highest BCUT2D eigenvalue weighted by molar-refractivity contribution is 5.96. The number of hydrogen-bond acceptors (Lipinski definition) is 3. The molecule has 0 heterocycles. The highest BCUT2D eigenvalue weighted by Crippen LogP contribution is 2.14. The van der Waals surface area contributed by atoms with E-state index in [-0.39, 0.29) is 18.3 Å². The fourth-order valence-corrected chi connectivity index (χ4v) is 1.73. The number of nitrogen functional groups attached to an aromatic ring is 2. The van der Waals surface area contributed by atoms with Gasteiger partial charge in [-0.1, -0.05) is 18.2 Å². The molecule has 0 aliphatic rings. The summed E-state index contributed by atoms with van der Waals surface area (Å²) in [5.41, 5.74) is 12.8. The summed E-state index contributed by atoms with van der Waals surface area (Å²) in [6.45, 7) is 0.111. The summed E-state index contributed by atoms with van der Waals surface area (Å²) in [4.78, 5) is 11.9. The average molecular weight is 259 g/mol. The lowest BCUT2D eigenvalue weighted by atomic mass is 10.1. The minimum absolute atomic E-state index is 0.111. The van der Waals surface area contributed by atoms with Crippen LogP contribution in [0.4, 0.5) is 15.8 Å². The van der Waals surface area contributed by atoms with Crippen LogP contribution in [0.25, 0.3) is 0 Å². The zero-order valence-electron chi connectivity index (χ0n) is 10.2. The van der Waals surface area contributed by atoms with Crippen molar-refractivity contribution in [2.24, 2.45) is 0 Å². The smallest absolute Gasteiger partial charge is 0.251 e. The molecule has 5 heteroatoms. The minimum atomic E-state index is -0.352. The second kappa shape index (κ2) is 5.39. The van der Waals surface area contributed by atoms with Crippen LogP contribution in [0.3, 0.4) is 0 Å². The Morgan fingerprint density at radius 2 is 1.74 bits per heavy atom. The van der Waals surface area contributed by atoms with Crippen molar-refractivity contribution in [1.82, 2.24) is 5.32 Å². The lowest BCUT2D eigenvalue weighted by Gasteiger charge is -2.07. The Morgan fingerprint density at radius 3 is 2.37 bits per heavy atom. The summed E-state index contributed by atoms with van der Waals surface area (Å²) in [5, 5.41) is 2.62. The Balaban J connectivity index is 2.08. The second-order valence-electron chi connectivity index (χ2n) is 4.16. The number of benzene rings is 2. The van der Waals surface area contributed by atoms with Crippen molar-refractivity contribution in [3.8, 4) is 0 Å². The van der Waals surface area contributed by atoms with Gasteiger partial charge in [-0.05, 0) is 24.3 Å². The summed E-state index contributed by atoms with van der Waals surface area (Å²) in [6.07, 6.45) is 0. The Morgan fingerprint density at radius 1 is 1.11 bits per heavy atom. The molecule has 19 heavy (non-hydrogen) atoms. The van der Waals surface area contributed by atoms with Crippen LogP contribution in [0.5, 0.6) is 0 Å². The van der Waals surface area contributed by atoms with Crippen LogP contribution in [-0.4, -0.2) is 5.91 Å². The largest absolute Gasteiger partial charge is 0.399 e. The van der Waals surface area contributed by atoms with Crippen LogP contribution < -0.4 is 16.8 Å². The maximum atomic E-state index is 13.4. The molecule has 2 aromatic rings. The van der Waals surface area contributed by atoms with Gasteiger partial charge in [0.05, 0.1) is 0 Å². The molecule has 2 rings (SSSR count). The summed E-state index contributed by atoms with van der Waals surface area (Å²) in [5.74, 6) is -0.697. The minimum Gasteiger partial charge on any atom is -0.399 e. The molecule has 0 saturated heterocycles. The van der Waals surface area contributed by atoms with Gasteiger partial charge in [0.1, 0.15) is 5.82 Å². The van der Waals surface area contributed by atoms with Gasteiger partial charge >= 0.3 is 0 Å². The summed E-state index contributed by atoms with van der Waals surface area (Å²) in [7, 11) is 0. The van der Waals surface area contributed by atoms with Gasteiger partial charge in [0.2, 0.25) is 0 Å². The van der Waals surface area contributed by atoms with Gasteiger partial charge in [0.15, 0.2) is 0 Å². The molecule has 0 unspecified atom stereocenters. The number of carbonyl (C=O) groups excluding carboxylic acids is 1. The molecule has 0 aliphatic heterocycles. The number of rotatable bonds is 3. The first-order valence-electron chi connectivity index (χ1n) is 5.74. The monoisotopic (exact) mass is 259 g/mol. The quantitative estimate of drug-likeness (QED) is 0.736. The molecule has 0 aromatic heterocycles. The molecule has 2 aromatic carbocycles. The average Bonchev–Trinajstić information content (AvgIpc) is 2.36. The van der Waals surface area contributed by atoms with Crippen LogP contribution in [0.15, 0.2) is 42.5 Å². The third-order valence-electron chi connectivity index (χ3n) is 2.64. The van der Waals surface area contributed by atoms with Gasteiger partial charge in [0, 0.05) is 29.0 Å². The van der Waals surface area contributed by atoms with Crippen LogP contribution in [0, 0.1) is 5.82 Å². The second-order valence-corrected chi connectivity index (χ2v) is 4.16. The molecule has 0 radical (unpaired) electrons. The van der Waals surface area contributed by atoms with Crippen LogP contribution in [0.2, 0.25) is 0 Å². The molecule has 98 valence electrons. The Hall–Kier alpha value is -2.56. The highest BCUT2D eigenvalue weighted by Gasteiger charge is 2.08. The van der Waals surface area contributed by atoms with E-state index in [4.69, 9.17) is 11.5 Å². The van der Waals surface area contributed by atoms with Crippen LogP contribution in [0.1, 0.15) is 15.9 Å². The fourth-order valence-electron chi connectivity index (χ4n) is 1.73. The van der Waals surface area contributed by atoms with E-state index in [1.165, 1.54) is 18.2 Å². The lowest BCUT2D eigenvalue weighted by molar-refractivity contribution is 0.0950. The third-order valence-corrected chi connectivity index (χ3v) is 2.64. The van der Waals surface area contributed by atoms with Gasteiger partial charge in [-0.25, -0.2) is 4.39 Å². The van der Waals surface area contributed by atoms with Crippen molar-refractivity contribution in [3.05, 3.63) is 59.4 Å². The summed E-state index contributed by atoms with van der Waals surface area (Å²) in [6, 6.07) is 10.9. The first kappa shape index (κ1) is 12.9. The van der Waals surface area contributed by atoms with Crippen molar-refractivity contribution in [2.75, 3.05) is 11.5 Å². The van der Waals surface area contributed by atoms with E-state index in [1.54, 1.807) is 24.3 Å². The van der Waals surface area contributed by atoms with Crippen molar-refractivity contribution in [3.63, 3.8) is 0 Å². The molecule has 0 spiro atoms. The molecule has 0 fully saturated rings. The number of hydrogen-bond donors (Lipinski definition) is 3. The first-order chi connectivity index (χ1) is 9.06. The number of anilines is 2. The molecule has 4 nitrogen and oxygen atoms in total. The van der Waals surface area contributed by atoms with E-state index in [2.05, 4.69) is 5.32 Å². The molecule has 0 bridgehead atoms. The Kier molecular flexibility index (Phi) is 3.66. The van der Waals surface area contributed by atoms with E-state index in [1.807, 2.05) is 0 Å². The van der Waals surface area contributed by atoms with Gasteiger partial charge < -0.3 is 16.8 Å². The van der Waals surface area contributed by atoms with Crippen LogP contribution >= 0.6 is 0 Å². The maximum absolute atomic E-state index is 13.4. The molecular formula is C14H14FN3O. The summed E-state index contributed by atoms with van der Waals surface area (Å²) >= 11 is 0. The van der Waals surface area contributed by atoms with Crippen LogP contribution in [-0.2, 0) is 6.54 Å². The van der Waals surface area contributed by atoms with Crippen molar-refractivity contribution >= 4 is 17.3 Å². The normalized spacial score (nSPS) is 10.2. The molecule has 1 amide bonds. The zero-order chi connectivity index (χ0) is 13.8. The first-order valence-corrected chi connectivity index (χ1v) is 5.74. The Labute approximate surface area is 110 Å². The highest BCUT2D eigenvalue weighted by atomic mass is 19.1. The van der Waals surface area contributed by atoms with E-state index in [0.29, 0.717) is 22.5 Å². The standard InChI is InChI=1S/C14H14FN3O/c15-13-4-2-1-3-9(13)8-18-14(19)10-5-11(16)7-12(17)6-10/h1-7H,8,16-17H2,(H,18,19). The predicted molar refractivity (Wildman–Crippen MR) is 72.8 cm³/mol. The molecule has 5 N–H and O–H groups in total. The molecule has 0 aliphatic carbocycles. The van der Waals surface area contributed by atoms with E-state index >= 15 is 0 Å². The number of nitrogens with two attached hydrogens (primary N) is 2. The van der Waals surface area contributed by atoms with Gasteiger partial charge in [-0.3, -0.25) is 4.79 Å². The Bertz CT molecular complexity index is 593. The van der Waals surface area contributed by atoms with E-state index in [9.17, 15) is 9.18 Å². The number of amides is 1. The topological polar surface area (TPSA) is 81.1 Å². The number of carbonyl (C=O) groups is 1. The third kappa shape index (κ3) is 3.22. The van der Waals surface area contributed by atoms with Crippen molar-refractivity contribution < 1.29 is 9.18 Å². The summed E-state index contributed by atoms with van der Waals surface area (Å²) < 4.78 is 13.4. The van der Waals surface area contributed by atoms with Crippen molar-refractivity contribution in [1.29, 1.82) is 0 Å². The van der Waals surface area contributed by atoms with Crippen molar-refractivity contribution in [2.45, 2.75) is 6.54 Å². The number of halogens is 1. The van der Waals surface area contributed by atoms with Gasteiger partial charge in [-0.2, -0.15) is 0 Å². The predicted octanol–water partition coefficient (Wildman–Crippen LogP) is 1.92. The van der Waals surface area contributed by atoms with E-state index < -0.39 is 0 Å². The van der Waals surface area contributed by atoms with E-state index in [0.717, 1.165) is 0 Å². The SMILES string of the molecule is Nc1cc(N)cc(C(=O)NCc2ccccc2F)c1. The molecule has 0 atom stereocenters. The van der Waals surface area contributed by atoms with Gasteiger partial charge in [-0.15, -0.1) is 0 Å².